The summed E-state index contributed by atoms with van der Waals surface area (Å²) in [4.78, 5) is 0. The Morgan fingerprint density at radius 2 is 2.00 bits per heavy atom. The Morgan fingerprint density at radius 3 is 2.59 bits per heavy atom. The van der Waals surface area contributed by atoms with Gasteiger partial charge >= 0.3 is 0 Å². The van der Waals surface area contributed by atoms with E-state index in [0.29, 0.717) is 6.04 Å². The fourth-order valence-corrected chi connectivity index (χ4v) is 2.29. The van der Waals surface area contributed by atoms with E-state index in [1.165, 1.54) is 5.56 Å². The summed E-state index contributed by atoms with van der Waals surface area (Å²) in [5, 5.41) is 3.37. The van der Waals surface area contributed by atoms with Gasteiger partial charge in [0.1, 0.15) is 5.75 Å². The van der Waals surface area contributed by atoms with Crippen molar-refractivity contribution in [2.45, 2.75) is 32.4 Å². The number of nitrogens with one attached hydrogen (secondary N) is 1. The predicted molar refractivity (Wildman–Crippen MR) is 77.0 cm³/mol. The summed E-state index contributed by atoms with van der Waals surface area (Å²) in [7, 11) is 2.01. The van der Waals surface area contributed by atoms with Gasteiger partial charge < -0.3 is 10.1 Å². The number of ether oxygens (including phenoxy) is 1. The highest BCUT2D eigenvalue weighted by molar-refractivity contribution is 7.98. The minimum absolute atomic E-state index is 0.217. The van der Waals surface area contributed by atoms with Gasteiger partial charge in [0, 0.05) is 11.6 Å². The van der Waals surface area contributed by atoms with Crippen LogP contribution in [0.5, 0.6) is 5.75 Å². The minimum atomic E-state index is 0.217. The van der Waals surface area contributed by atoms with Crippen molar-refractivity contribution in [3.8, 4) is 5.75 Å². The Balaban J connectivity index is 2.85. The van der Waals surface area contributed by atoms with Gasteiger partial charge in [0.05, 0.1) is 6.10 Å². The lowest BCUT2D eigenvalue weighted by Gasteiger charge is -2.21. The quantitative estimate of drug-likeness (QED) is 0.804. The normalized spacial score (nSPS) is 12.8. The average molecular weight is 253 g/mol. The van der Waals surface area contributed by atoms with Crippen LogP contribution in [0.25, 0.3) is 0 Å². The summed E-state index contributed by atoms with van der Waals surface area (Å²) in [5.41, 5.74) is 1.26. The number of hydrogen-bond acceptors (Lipinski definition) is 3. The zero-order chi connectivity index (χ0) is 12.7. The van der Waals surface area contributed by atoms with Crippen molar-refractivity contribution in [1.82, 2.24) is 5.32 Å². The van der Waals surface area contributed by atoms with Crippen molar-refractivity contribution >= 4 is 11.8 Å². The van der Waals surface area contributed by atoms with Gasteiger partial charge in [-0.2, -0.15) is 11.8 Å². The van der Waals surface area contributed by atoms with E-state index >= 15 is 0 Å². The summed E-state index contributed by atoms with van der Waals surface area (Å²) < 4.78 is 5.86. The third kappa shape index (κ3) is 4.60. The lowest BCUT2D eigenvalue weighted by atomic mass is 10.0. The zero-order valence-electron chi connectivity index (χ0n) is 11.2. The van der Waals surface area contributed by atoms with Gasteiger partial charge in [-0.15, -0.1) is 0 Å². The van der Waals surface area contributed by atoms with E-state index in [-0.39, 0.29) is 6.10 Å². The second-order valence-electron chi connectivity index (χ2n) is 4.33. The maximum absolute atomic E-state index is 5.86. The molecular formula is C14H23NOS. The Bertz CT molecular complexity index is 328. The van der Waals surface area contributed by atoms with E-state index < -0.39 is 0 Å². The second kappa shape index (κ2) is 7.62. The first-order chi connectivity index (χ1) is 8.19. The van der Waals surface area contributed by atoms with Crippen LogP contribution in [0, 0.1) is 0 Å². The summed E-state index contributed by atoms with van der Waals surface area (Å²) in [6.45, 7) is 4.13. The Hall–Kier alpha value is -0.670. The third-order valence-electron chi connectivity index (χ3n) is 2.62. The molecule has 0 fully saturated rings. The molecule has 1 rings (SSSR count). The number of benzene rings is 1. The van der Waals surface area contributed by atoms with E-state index in [4.69, 9.17) is 4.74 Å². The highest BCUT2D eigenvalue weighted by Gasteiger charge is 2.14. The van der Waals surface area contributed by atoms with Crippen molar-refractivity contribution < 1.29 is 4.74 Å². The van der Waals surface area contributed by atoms with Crippen LogP contribution >= 0.6 is 11.8 Å². The van der Waals surface area contributed by atoms with Gasteiger partial charge in [-0.05, 0) is 45.4 Å². The molecule has 0 aliphatic carbocycles. The molecule has 0 amide bonds. The SMILES string of the molecule is CNC(CCSC)c1ccccc1OC(C)C. The monoisotopic (exact) mass is 253 g/mol. The molecule has 3 heteroatoms. The molecule has 17 heavy (non-hydrogen) atoms. The predicted octanol–water partition coefficient (Wildman–Crippen LogP) is 3.49. The summed E-state index contributed by atoms with van der Waals surface area (Å²) in [6, 6.07) is 8.68. The lowest BCUT2D eigenvalue weighted by Crippen LogP contribution is -2.19. The molecule has 0 saturated heterocycles. The number of rotatable bonds is 7. The first-order valence-electron chi connectivity index (χ1n) is 6.10. The molecule has 0 spiro atoms. The topological polar surface area (TPSA) is 21.3 Å². The van der Waals surface area contributed by atoms with Crippen LogP contribution in [0.15, 0.2) is 24.3 Å². The lowest BCUT2D eigenvalue weighted by molar-refractivity contribution is 0.237. The van der Waals surface area contributed by atoms with Crippen LogP contribution in [-0.2, 0) is 0 Å². The van der Waals surface area contributed by atoms with Gasteiger partial charge in [-0.25, -0.2) is 0 Å². The van der Waals surface area contributed by atoms with Crippen molar-refractivity contribution in [2.24, 2.45) is 0 Å². The summed E-state index contributed by atoms with van der Waals surface area (Å²) in [6.07, 6.45) is 3.48. The van der Waals surface area contributed by atoms with Crippen LogP contribution in [-0.4, -0.2) is 25.2 Å². The number of thioether (sulfide) groups is 1. The fourth-order valence-electron chi connectivity index (χ4n) is 1.82. The van der Waals surface area contributed by atoms with Crippen LogP contribution in [0.1, 0.15) is 31.9 Å². The average Bonchev–Trinajstić information content (AvgIpc) is 2.31. The zero-order valence-corrected chi connectivity index (χ0v) is 12.0. The van der Waals surface area contributed by atoms with Crippen LogP contribution < -0.4 is 10.1 Å². The van der Waals surface area contributed by atoms with Crippen molar-refractivity contribution in [3.05, 3.63) is 29.8 Å². The molecule has 1 unspecified atom stereocenters. The third-order valence-corrected chi connectivity index (χ3v) is 3.26. The van der Waals surface area contributed by atoms with Crippen LogP contribution in [0.4, 0.5) is 0 Å². The molecule has 1 aromatic rings. The van der Waals surface area contributed by atoms with E-state index in [2.05, 4.69) is 43.6 Å². The van der Waals surface area contributed by atoms with E-state index in [0.717, 1.165) is 17.9 Å². The van der Waals surface area contributed by atoms with E-state index in [9.17, 15) is 0 Å². The van der Waals surface area contributed by atoms with Crippen molar-refractivity contribution in [1.29, 1.82) is 0 Å². The highest BCUT2D eigenvalue weighted by Crippen LogP contribution is 2.28. The number of para-hydroxylation sites is 1. The first-order valence-corrected chi connectivity index (χ1v) is 7.50. The van der Waals surface area contributed by atoms with Crippen LogP contribution in [0.3, 0.4) is 0 Å². The molecule has 0 bridgehead atoms. The molecule has 0 aliphatic rings. The molecular weight excluding hydrogens is 230 g/mol. The first kappa shape index (κ1) is 14.4. The smallest absolute Gasteiger partial charge is 0.124 e. The van der Waals surface area contributed by atoms with Crippen molar-refractivity contribution in [3.63, 3.8) is 0 Å². The fraction of sp³-hybridized carbons (Fsp3) is 0.571. The Labute approximate surface area is 109 Å². The molecule has 2 nitrogen and oxygen atoms in total. The molecule has 1 N–H and O–H groups in total. The standard InChI is InChI=1S/C14H23NOS/c1-11(2)16-14-8-6-5-7-12(14)13(15-3)9-10-17-4/h5-8,11,13,15H,9-10H2,1-4H3. The maximum Gasteiger partial charge on any atom is 0.124 e. The summed E-state index contributed by atoms with van der Waals surface area (Å²) >= 11 is 1.88. The molecule has 0 saturated carbocycles. The van der Waals surface area contributed by atoms with E-state index in [1.807, 2.05) is 24.9 Å². The molecule has 1 atom stereocenters. The minimum Gasteiger partial charge on any atom is -0.491 e. The van der Waals surface area contributed by atoms with Crippen LogP contribution in [0.2, 0.25) is 0 Å². The maximum atomic E-state index is 5.86. The molecule has 0 aliphatic heterocycles. The largest absolute Gasteiger partial charge is 0.491 e. The Morgan fingerprint density at radius 1 is 1.29 bits per heavy atom. The molecule has 96 valence electrons. The number of hydrogen-bond donors (Lipinski definition) is 1. The highest BCUT2D eigenvalue weighted by atomic mass is 32.2. The van der Waals surface area contributed by atoms with Gasteiger partial charge in [-0.3, -0.25) is 0 Å². The molecule has 0 heterocycles. The van der Waals surface area contributed by atoms with Gasteiger partial charge in [-0.1, -0.05) is 18.2 Å². The second-order valence-corrected chi connectivity index (χ2v) is 5.31. The molecule has 0 aromatic heterocycles. The molecule has 1 aromatic carbocycles. The Kier molecular flexibility index (Phi) is 6.45. The van der Waals surface area contributed by atoms with Gasteiger partial charge in [0.25, 0.3) is 0 Å². The molecule has 0 radical (unpaired) electrons. The summed E-state index contributed by atoms with van der Waals surface area (Å²) in [5.74, 6) is 2.16. The van der Waals surface area contributed by atoms with E-state index in [1.54, 1.807) is 0 Å². The van der Waals surface area contributed by atoms with Crippen molar-refractivity contribution in [2.75, 3.05) is 19.1 Å². The van der Waals surface area contributed by atoms with Gasteiger partial charge in [0.2, 0.25) is 0 Å². The van der Waals surface area contributed by atoms with Gasteiger partial charge in [0.15, 0.2) is 0 Å².